The predicted octanol–water partition coefficient (Wildman–Crippen LogP) is 0.140. The van der Waals surface area contributed by atoms with Gasteiger partial charge in [0.15, 0.2) is 0 Å². The zero-order valence-electron chi connectivity index (χ0n) is 7.91. The van der Waals surface area contributed by atoms with Gasteiger partial charge >= 0.3 is 6.09 Å². The van der Waals surface area contributed by atoms with Gasteiger partial charge < -0.3 is 15.8 Å². The summed E-state index contributed by atoms with van der Waals surface area (Å²) in [4.78, 5) is 21.8. The van der Waals surface area contributed by atoms with Crippen molar-refractivity contribution in [2.24, 2.45) is 11.7 Å². The van der Waals surface area contributed by atoms with E-state index < -0.39 is 0 Å². The summed E-state index contributed by atoms with van der Waals surface area (Å²) >= 11 is 0. The Hall–Kier alpha value is -1.26. The lowest BCUT2D eigenvalue weighted by atomic mass is 9.77. The highest BCUT2D eigenvalue weighted by Gasteiger charge is 2.43. The number of nitrogens with two attached hydrogens (primary N) is 1. The number of carbonyl (C=O) groups is 2. The Morgan fingerprint density at radius 2 is 2.14 bits per heavy atom. The summed E-state index contributed by atoms with van der Waals surface area (Å²) in [6.07, 6.45) is 2.72. The van der Waals surface area contributed by atoms with Gasteiger partial charge in [0.05, 0.1) is 5.54 Å². The van der Waals surface area contributed by atoms with Gasteiger partial charge in [0.2, 0.25) is 5.91 Å². The van der Waals surface area contributed by atoms with E-state index in [1.54, 1.807) is 0 Å². The van der Waals surface area contributed by atoms with Crippen molar-refractivity contribution in [3.05, 3.63) is 0 Å². The van der Waals surface area contributed by atoms with Crippen LogP contribution in [0.15, 0.2) is 0 Å². The predicted molar refractivity (Wildman–Crippen MR) is 48.4 cm³/mol. The average Bonchev–Trinajstić information content (AvgIpc) is 2.48. The molecule has 2 fully saturated rings. The van der Waals surface area contributed by atoms with Gasteiger partial charge in [-0.2, -0.15) is 0 Å². The Bertz CT molecular complexity index is 269. The second kappa shape index (κ2) is 3.15. The molecule has 5 nitrogen and oxygen atoms in total. The highest BCUT2D eigenvalue weighted by atomic mass is 16.6. The lowest BCUT2D eigenvalue weighted by Gasteiger charge is -2.33. The Kier molecular flexibility index (Phi) is 2.09. The Labute approximate surface area is 82.0 Å². The molecule has 0 aromatic heterocycles. The molecule has 1 aliphatic heterocycles. The second-order valence-electron chi connectivity index (χ2n) is 4.16. The molecule has 0 aromatic rings. The van der Waals surface area contributed by atoms with E-state index in [0.717, 1.165) is 25.7 Å². The minimum Gasteiger partial charge on any atom is -0.447 e. The van der Waals surface area contributed by atoms with E-state index in [1.165, 1.54) is 0 Å². The number of carbonyl (C=O) groups excluding carboxylic acids is 2. The molecule has 2 aliphatic rings. The number of nitrogens with one attached hydrogen (secondary N) is 1. The van der Waals surface area contributed by atoms with Gasteiger partial charge in [-0.25, -0.2) is 4.79 Å². The van der Waals surface area contributed by atoms with Gasteiger partial charge in [-0.3, -0.25) is 4.79 Å². The lowest BCUT2D eigenvalue weighted by Crippen LogP contribution is -2.47. The van der Waals surface area contributed by atoms with Gasteiger partial charge in [-0.1, -0.05) is 0 Å². The molecule has 1 heterocycles. The van der Waals surface area contributed by atoms with Crippen LogP contribution in [-0.2, 0) is 9.53 Å². The Morgan fingerprint density at radius 3 is 2.57 bits per heavy atom. The third kappa shape index (κ3) is 1.54. The minimum atomic E-state index is -0.345. The van der Waals surface area contributed by atoms with E-state index in [1.807, 2.05) is 0 Å². The molecule has 78 valence electrons. The standard InChI is InChI=1S/C9H14N2O3/c10-7(12)6-1-3-9(4-2-6)5-14-8(13)11-9/h6H,1-5H2,(H2,10,12)(H,11,13). The molecule has 14 heavy (non-hydrogen) atoms. The molecule has 0 radical (unpaired) electrons. The van der Waals surface area contributed by atoms with Gasteiger partial charge in [0.25, 0.3) is 0 Å². The molecule has 2 rings (SSSR count). The van der Waals surface area contributed by atoms with Crippen molar-refractivity contribution in [3.63, 3.8) is 0 Å². The number of alkyl carbamates (subject to hydrolysis) is 1. The fourth-order valence-corrected chi connectivity index (χ4v) is 2.22. The summed E-state index contributed by atoms with van der Waals surface area (Å²) in [5.74, 6) is -0.261. The summed E-state index contributed by atoms with van der Waals surface area (Å²) in [6, 6.07) is 0. The summed E-state index contributed by atoms with van der Waals surface area (Å²) in [5.41, 5.74) is 5.00. The molecule has 0 unspecified atom stereocenters. The van der Waals surface area contributed by atoms with Crippen LogP contribution in [0, 0.1) is 5.92 Å². The van der Waals surface area contributed by atoms with Crippen molar-refractivity contribution in [2.75, 3.05) is 6.61 Å². The molecule has 0 aromatic carbocycles. The summed E-state index contributed by atoms with van der Waals surface area (Å²) in [7, 11) is 0. The van der Waals surface area contributed by atoms with Crippen molar-refractivity contribution in [1.82, 2.24) is 5.32 Å². The molecular formula is C9H14N2O3. The quantitative estimate of drug-likeness (QED) is 0.628. The normalized spacial score (nSPS) is 36.6. The number of primary amides is 1. The summed E-state index contributed by atoms with van der Waals surface area (Å²) in [5, 5.41) is 2.82. The largest absolute Gasteiger partial charge is 0.447 e. The van der Waals surface area contributed by atoms with Gasteiger partial charge in [-0.15, -0.1) is 0 Å². The van der Waals surface area contributed by atoms with E-state index in [2.05, 4.69) is 5.32 Å². The van der Waals surface area contributed by atoms with Crippen LogP contribution in [0.2, 0.25) is 0 Å². The van der Waals surface area contributed by atoms with Crippen molar-refractivity contribution in [3.8, 4) is 0 Å². The van der Waals surface area contributed by atoms with Gasteiger partial charge in [0.1, 0.15) is 6.61 Å². The molecule has 1 spiro atoms. The molecule has 3 N–H and O–H groups in total. The highest BCUT2D eigenvalue weighted by Crippen LogP contribution is 2.34. The molecule has 2 amide bonds. The first-order chi connectivity index (χ1) is 6.61. The summed E-state index contributed by atoms with van der Waals surface area (Å²) < 4.78 is 4.88. The number of cyclic esters (lactones) is 1. The van der Waals surface area contributed by atoms with E-state index in [-0.39, 0.29) is 23.5 Å². The number of hydrogen-bond acceptors (Lipinski definition) is 3. The molecule has 5 heteroatoms. The maximum atomic E-state index is 10.9. The fourth-order valence-electron chi connectivity index (χ4n) is 2.22. The van der Waals surface area contributed by atoms with E-state index >= 15 is 0 Å². The van der Waals surface area contributed by atoms with Crippen molar-refractivity contribution >= 4 is 12.0 Å². The third-order valence-corrected chi connectivity index (χ3v) is 3.19. The maximum Gasteiger partial charge on any atom is 0.407 e. The topological polar surface area (TPSA) is 81.4 Å². The van der Waals surface area contributed by atoms with Crippen molar-refractivity contribution < 1.29 is 14.3 Å². The van der Waals surface area contributed by atoms with Crippen LogP contribution in [0.25, 0.3) is 0 Å². The monoisotopic (exact) mass is 198 g/mol. The lowest BCUT2D eigenvalue weighted by molar-refractivity contribution is -0.123. The van der Waals surface area contributed by atoms with Crippen LogP contribution in [0.4, 0.5) is 4.79 Å². The SMILES string of the molecule is NC(=O)C1CCC2(CC1)COC(=O)N2. The Morgan fingerprint density at radius 1 is 1.50 bits per heavy atom. The molecule has 1 aliphatic carbocycles. The first kappa shape index (κ1) is 9.30. The van der Waals surface area contributed by atoms with E-state index in [4.69, 9.17) is 10.5 Å². The maximum absolute atomic E-state index is 10.9. The zero-order chi connectivity index (χ0) is 10.2. The van der Waals surface area contributed by atoms with Crippen molar-refractivity contribution in [1.29, 1.82) is 0 Å². The first-order valence-corrected chi connectivity index (χ1v) is 4.86. The first-order valence-electron chi connectivity index (χ1n) is 4.86. The number of hydrogen-bond donors (Lipinski definition) is 2. The van der Waals surface area contributed by atoms with Gasteiger partial charge in [-0.05, 0) is 25.7 Å². The van der Waals surface area contributed by atoms with E-state index in [0.29, 0.717) is 6.61 Å². The van der Waals surface area contributed by atoms with Crippen LogP contribution < -0.4 is 11.1 Å². The summed E-state index contributed by atoms with van der Waals surface area (Å²) in [6.45, 7) is 0.428. The van der Waals surface area contributed by atoms with Gasteiger partial charge in [0, 0.05) is 5.92 Å². The third-order valence-electron chi connectivity index (χ3n) is 3.19. The van der Waals surface area contributed by atoms with Crippen LogP contribution in [0.5, 0.6) is 0 Å². The number of amides is 2. The molecular weight excluding hydrogens is 184 g/mol. The fraction of sp³-hybridized carbons (Fsp3) is 0.778. The highest BCUT2D eigenvalue weighted by molar-refractivity contribution is 5.77. The van der Waals surface area contributed by atoms with Crippen LogP contribution >= 0.6 is 0 Å². The second-order valence-corrected chi connectivity index (χ2v) is 4.16. The number of rotatable bonds is 1. The minimum absolute atomic E-state index is 0.0295. The zero-order valence-corrected chi connectivity index (χ0v) is 7.91. The van der Waals surface area contributed by atoms with Crippen LogP contribution in [-0.4, -0.2) is 24.1 Å². The Balaban J connectivity index is 1.95. The molecule has 1 saturated carbocycles. The van der Waals surface area contributed by atoms with Crippen molar-refractivity contribution in [2.45, 2.75) is 31.2 Å². The number of ether oxygens (including phenoxy) is 1. The average molecular weight is 198 g/mol. The van der Waals surface area contributed by atoms with E-state index in [9.17, 15) is 9.59 Å². The smallest absolute Gasteiger partial charge is 0.407 e. The van der Waals surface area contributed by atoms with Crippen LogP contribution in [0.1, 0.15) is 25.7 Å². The molecule has 0 atom stereocenters. The molecule has 1 saturated heterocycles. The molecule has 0 bridgehead atoms. The van der Waals surface area contributed by atoms with Crippen LogP contribution in [0.3, 0.4) is 0 Å².